The molecule has 2 aromatic carbocycles. The van der Waals surface area contributed by atoms with E-state index in [4.69, 9.17) is 9.73 Å². The average Bonchev–Trinajstić information content (AvgIpc) is 3.36. The van der Waals surface area contributed by atoms with E-state index in [0.29, 0.717) is 59.4 Å². The summed E-state index contributed by atoms with van der Waals surface area (Å²) in [5, 5.41) is 3.91. The fraction of sp³-hybridized carbons (Fsp3) is 0.541. The SMILES string of the molecule is CC1CC(C)(C)N(CCCS(=O)(=O)[O-])c2cc3c(cc21)N=c1cc2c(cc1O3)=[N+](CCCC(=O)NCCN1C(=O)C=CC1=O)C(C)(C)CC2CS(=O)(=O)[O-].[Na+]. The molecule has 0 saturated heterocycles. The maximum atomic E-state index is 12.7. The van der Waals surface area contributed by atoms with Gasteiger partial charge in [0.05, 0.1) is 26.3 Å². The molecule has 292 valence electrons. The van der Waals surface area contributed by atoms with E-state index >= 15 is 0 Å². The van der Waals surface area contributed by atoms with E-state index in [1.165, 1.54) is 12.2 Å². The Balaban J connectivity index is 0.00000580. The van der Waals surface area contributed by atoms with Crippen LogP contribution in [-0.4, -0.2) is 97.3 Å². The van der Waals surface area contributed by atoms with Crippen LogP contribution in [0.5, 0.6) is 11.5 Å². The molecule has 0 radical (unpaired) electrons. The van der Waals surface area contributed by atoms with Crippen LogP contribution in [0.25, 0.3) is 0 Å². The Kier molecular flexibility index (Phi) is 12.5. The zero-order valence-corrected chi connectivity index (χ0v) is 35.7. The molecule has 2 atom stereocenters. The molecule has 0 aromatic heterocycles. The number of fused-ring (bicyclic) bond motifs is 4. The van der Waals surface area contributed by atoms with Crippen LogP contribution in [0.2, 0.25) is 0 Å². The fourth-order valence-electron chi connectivity index (χ4n) is 8.45. The number of carbonyl (C=O) groups excluding carboxylic acids is 3. The van der Waals surface area contributed by atoms with Crippen molar-refractivity contribution in [1.29, 1.82) is 0 Å². The van der Waals surface area contributed by atoms with Crippen LogP contribution in [0, 0.1) is 0 Å². The minimum Gasteiger partial charge on any atom is -0.748 e. The van der Waals surface area contributed by atoms with Crippen LogP contribution in [-0.2, 0) is 34.6 Å². The van der Waals surface area contributed by atoms with Crippen molar-refractivity contribution in [1.82, 2.24) is 14.8 Å². The summed E-state index contributed by atoms with van der Waals surface area (Å²) in [6.45, 7) is 11.2. The van der Waals surface area contributed by atoms with E-state index in [1.807, 2.05) is 32.0 Å². The molecule has 55 heavy (non-hydrogen) atoms. The number of carbonyl (C=O) groups is 3. The number of rotatable bonds is 13. The smallest absolute Gasteiger partial charge is 0.748 e. The zero-order chi connectivity index (χ0) is 39.4. The van der Waals surface area contributed by atoms with E-state index in [9.17, 15) is 40.3 Å². The van der Waals surface area contributed by atoms with Gasteiger partial charge in [0.15, 0.2) is 17.0 Å². The predicted octanol–water partition coefficient (Wildman–Crippen LogP) is -1.10. The summed E-state index contributed by atoms with van der Waals surface area (Å²) in [4.78, 5) is 44.4. The summed E-state index contributed by atoms with van der Waals surface area (Å²) in [7, 11) is -8.96. The molecule has 4 heterocycles. The van der Waals surface area contributed by atoms with Crippen LogP contribution in [0.1, 0.15) is 89.7 Å². The maximum Gasteiger partial charge on any atom is 1.00 e. The molecular weight excluding hydrogens is 762 g/mol. The Hall–Kier alpha value is -3.19. The Morgan fingerprint density at radius 2 is 1.64 bits per heavy atom. The molecule has 15 nitrogen and oxygen atoms in total. The van der Waals surface area contributed by atoms with E-state index in [0.717, 1.165) is 22.6 Å². The Labute approximate surface area is 343 Å². The topological polar surface area (TPSA) is 209 Å². The zero-order valence-electron chi connectivity index (χ0n) is 32.1. The van der Waals surface area contributed by atoms with E-state index < -0.39 is 55.0 Å². The number of anilines is 1. The van der Waals surface area contributed by atoms with Crippen LogP contribution >= 0.6 is 0 Å². The van der Waals surface area contributed by atoms with Crippen molar-refractivity contribution < 1.29 is 74.6 Å². The van der Waals surface area contributed by atoms with Gasteiger partial charge in [-0.05, 0) is 64.2 Å². The molecular formula is C37H46N5NaO10S2. The first-order valence-electron chi connectivity index (χ1n) is 18.1. The van der Waals surface area contributed by atoms with Crippen molar-refractivity contribution >= 4 is 49.3 Å². The molecule has 0 saturated carbocycles. The second-order valence-electron chi connectivity index (χ2n) is 15.9. The van der Waals surface area contributed by atoms with Crippen LogP contribution < -0.4 is 59.8 Å². The van der Waals surface area contributed by atoms with Gasteiger partial charge in [-0.15, -0.1) is 0 Å². The quantitative estimate of drug-likeness (QED) is 0.0949. The van der Waals surface area contributed by atoms with Gasteiger partial charge in [-0.3, -0.25) is 19.3 Å². The number of nitrogens with one attached hydrogen (secondary N) is 1. The summed E-state index contributed by atoms with van der Waals surface area (Å²) in [5.41, 5.74) is 2.16. The summed E-state index contributed by atoms with van der Waals surface area (Å²) in [6.07, 6.45) is 4.28. The molecule has 18 heteroatoms. The number of imide groups is 1. The van der Waals surface area contributed by atoms with E-state index in [2.05, 4.69) is 35.6 Å². The third-order valence-corrected chi connectivity index (χ3v) is 12.4. The molecule has 0 aliphatic carbocycles. The molecule has 6 rings (SSSR count). The van der Waals surface area contributed by atoms with Crippen LogP contribution in [0.3, 0.4) is 0 Å². The van der Waals surface area contributed by atoms with Crippen LogP contribution in [0.4, 0.5) is 11.4 Å². The van der Waals surface area contributed by atoms with Gasteiger partial charge in [0, 0.05) is 91.3 Å². The standard InChI is InChI=1S/C37H47N5O10S2.Na/c1-23-20-36(2,3)42(13-7-15-53(46,47)48)29-18-31-27(16-25(23)29)39-28-17-26-24(22-54(49,50)51)21-37(4,5)41(30(26)19-32(28)52-31)12-6-8-33(43)38-11-14-40-34(44)9-10-35(40)45;/h9-10,16-19,23-24H,6-8,11-15,20-22H2,1-5H3,(H2-,38,43,46,47,48,49,50,51);/q;+1/p-1. The largest absolute Gasteiger partial charge is 1.00 e. The number of hydrogen-bond donors (Lipinski definition) is 1. The van der Waals surface area contributed by atoms with Crippen molar-refractivity contribution in [3.05, 3.63) is 58.3 Å². The van der Waals surface area contributed by atoms with Gasteiger partial charge in [0.1, 0.15) is 17.6 Å². The average molecular weight is 808 g/mol. The van der Waals surface area contributed by atoms with Gasteiger partial charge in [0.2, 0.25) is 11.3 Å². The Morgan fingerprint density at radius 3 is 2.29 bits per heavy atom. The monoisotopic (exact) mass is 807 g/mol. The van der Waals surface area contributed by atoms with Gasteiger partial charge in [0.25, 0.3) is 11.8 Å². The van der Waals surface area contributed by atoms with Crippen molar-refractivity contribution in [2.24, 2.45) is 4.99 Å². The summed E-state index contributed by atoms with van der Waals surface area (Å²) >= 11 is 0. The molecule has 4 aliphatic heterocycles. The molecule has 0 spiro atoms. The predicted molar refractivity (Wildman–Crippen MR) is 197 cm³/mol. The first-order chi connectivity index (χ1) is 25.1. The number of benzene rings is 2. The molecule has 3 amide bonds. The minimum atomic E-state index is -4.59. The Morgan fingerprint density at radius 1 is 0.945 bits per heavy atom. The van der Waals surface area contributed by atoms with Gasteiger partial charge in [-0.2, -0.15) is 0 Å². The van der Waals surface area contributed by atoms with Gasteiger partial charge in [-0.25, -0.2) is 26.4 Å². The number of amides is 3. The van der Waals surface area contributed by atoms with Gasteiger partial charge < -0.3 is 24.1 Å². The Bertz CT molecular complexity index is 2280. The summed E-state index contributed by atoms with van der Waals surface area (Å²) < 4.78 is 79.1. The second kappa shape index (κ2) is 16.0. The summed E-state index contributed by atoms with van der Waals surface area (Å²) in [6, 6.07) is 7.46. The first-order valence-corrected chi connectivity index (χ1v) is 21.3. The summed E-state index contributed by atoms with van der Waals surface area (Å²) in [5.74, 6) is -1.70. The number of ether oxygens (including phenoxy) is 1. The van der Waals surface area contributed by atoms with Crippen molar-refractivity contribution in [3.63, 3.8) is 0 Å². The van der Waals surface area contributed by atoms with Crippen molar-refractivity contribution in [3.8, 4) is 11.5 Å². The normalized spacial score (nSPS) is 20.7. The van der Waals surface area contributed by atoms with Crippen molar-refractivity contribution in [2.45, 2.75) is 89.6 Å². The van der Waals surface area contributed by atoms with Gasteiger partial charge >= 0.3 is 29.6 Å². The number of hydrogen-bond acceptors (Lipinski definition) is 12. The minimum absolute atomic E-state index is 0. The number of nitrogens with zero attached hydrogens (tertiary/aromatic N) is 4. The molecule has 0 bridgehead atoms. The molecule has 2 unspecified atom stereocenters. The fourth-order valence-corrected chi connectivity index (χ4v) is 9.73. The molecule has 0 fully saturated rings. The van der Waals surface area contributed by atoms with Crippen LogP contribution in [0.15, 0.2) is 41.4 Å². The van der Waals surface area contributed by atoms with Gasteiger partial charge in [-0.1, -0.05) is 6.92 Å². The molecule has 1 N–H and O–H groups in total. The molecule has 4 aliphatic rings. The second-order valence-corrected chi connectivity index (χ2v) is 18.8. The first kappa shape index (κ1) is 42.9. The third-order valence-electron chi connectivity index (χ3n) is 10.8. The molecule has 2 aromatic rings. The third kappa shape index (κ3) is 9.68. The maximum absolute atomic E-state index is 12.7. The van der Waals surface area contributed by atoms with E-state index in [1.54, 1.807) is 6.07 Å². The van der Waals surface area contributed by atoms with E-state index in [-0.39, 0.29) is 72.9 Å². The van der Waals surface area contributed by atoms with Crippen molar-refractivity contribution in [2.75, 3.05) is 42.6 Å².